The summed E-state index contributed by atoms with van der Waals surface area (Å²) in [6.07, 6.45) is 0.700. The van der Waals surface area contributed by atoms with Crippen molar-refractivity contribution in [2.45, 2.75) is 13.3 Å². The molecule has 5 heteroatoms. The number of fused-ring (bicyclic) bond motifs is 1. The van der Waals surface area contributed by atoms with Crippen LogP contribution in [0.2, 0.25) is 0 Å². The van der Waals surface area contributed by atoms with E-state index in [1.807, 2.05) is 37.3 Å². The minimum absolute atomic E-state index is 0.283. The number of rotatable bonds is 5. The Morgan fingerprint density at radius 2 is 1.52 bits per heavy atom. The van der Waals surface area contributed by atoms with Crippen LogP contribution in [0.15, 0.2) is 77.9 Å². The highest BCUT2D eigenvalue weighted by atomic mass is 16.6. The van der Waals surface area contributed by atoms with E-state index in [9.17, 15) is 4.79 Å². The molecule has 3 aromatic rings. The van der Waals surface area contributed by atoms with Gasteiger partial charge in [0.1, 0.15) is 13.2 Å². The number of hydrogen-bond acceptors (Lipinski definition) is 4. The number of carbonyl (C=O) groups excluding carboxylic acids is 1. The zero-order chi connectivity index (χ0) is 20.1. The van der Waals surface area contributed by atoms with Gasteiger partial charge in [-0.15, -0.1) is 0 Å². The summed E-state index contributed by atoms with van der Waals surface area (Å²) in [5.74, 6) is 0.956. The Balaban J connectivity index is 1.48. The Hall–Kier alpha value is -3.60. The summed E-state index contributed by atoms with van der Waals surface area (Å²) in [6, 6.07) is 23.5. The minimum atomic E-state index is -0.283. The van der Waals surface area contributed by atoms with Crippen molar-refractivity contribution in [2.75, 3.05) is 13.2 Å². The topological polar surface area (TPSA) is 59.9 Å². The summed E-state index contributed by atoms with van der Waals surface area (Å²) in [4.78, 5) is 12.5. The van der Waals surface area contributed by atoms with Crippen molar-refractivity contribution in [1.82, 2.24) is 5.43 Å². The molecule has 0 atom stereocenters. The SMILES string of the molecule is CC/C(=N\NC(=O)c1ccc2c(c1)OCCO2)c1ccc(-c2ccccc2)cc1. The maximum atomic E-state index is 12.5. The highest BCUT2D eigenvalue weighted by molar-refractivity contribution is 6.02. The van der Waals surface area contributed by atoms with Crippen LogP contribution < -0.4 is 14.9 Å². The van der Waals surface area contributed by atoms with Gasteiger partial charge in [-0.25, -0.2) is 5.43 Å². The number of nitrogens with zero attached hydrogens (tertiary/aromatic N) is 1. The number of hydrazone groups is 1. The predicted octanol–water partition coefficient (Wildman–Crippen LogP) is 4.67. The molecule has 0 fully saturated rings. The van der Waals surface area contributed by atoms with Crippen LogP contribution in [-0.4, -0.2) is 24.8 Å². The number of carbonyl (C=O) groups is 1. The van der Waals surface area contributed by atoms with Gasteiger partial charge in [-0.05, 0) is 41.3 Å². The zero-order valence-corrected chi connectivity index (χ0v) is 16.2. The Kier molecular flexibility index (Phi) is 5.56. The number of amides is 1. The molecule has 29 heavy (non-hydrogen) atoms. The highest BCUT2D eigenvalue weighted by Crippen LogP contribution is 2.30. The third-order valence-electron chi connectivity index (χ3n) is 4.76. The van der Waals surface area contributed by atoms with E-state index in [-0.39, 0.29) is 5.91 Å². The lowest BCUT2D eigenvalue weighted by Crippen LogP contribution is -2.21. The van der Waals surface area contributed by atoms with Crippen molar-refractivity contribution in [3.63, 3.8) is 0 Å². The second-order valence-corrected chi connectivity index (χ2v) is 6.65. The lowest BCUT2D eigenvalue weighted by Gasteiger charge is -2.18. The summed E-state index contributed by atoms with van der Waals surface area (Å²) in [6.45, 7) is 3.01. The van der Waals surface area contributed by atoms with Crippen LogP contribution in [0.4, 0.5) is 0 Å². The minimum Gasteiger partial charge on any atom is -0.486 e. The second kappa shape index (κ2) is 8.61. The molecule has 1 aliphatic heterocycles. The van der Waals surface area contributed by atoms with Crippen LogP contribution in [0.1, 0.15) is 29.3 Å². The molecule has 1 heterocycles. The first-order valence-corrected chi connectivity index (χ1v) is 9.67. The molecule has 146 valence electrons. The summed E-state index contributed by atoms with van der Waals surface area (Å²) in [5.41, 5.74) is 7.24. The first kappa shape index (κ1) is 18.7. The van der Waals surface area contributed by atoms with Crippen LogP contribution in [-0.2, 0) is 0 Å². The summed E-state index contributed by atoms with van der Waals surface area (Å²) in [5, 5.41) is 4.35. The normalized spacial score (nSPS) is 13.1. The van der Waals surface area contributed by atoms with Gasteiger partial charge in [-0.2, -0.15) is 5.10 Å². The average Bonchev–Trinajstić information content (AvgIpc) is 2.80. The van der Waals surface area contributed by atoms with E-state index in [1.54, 1.807) is 18.2 Å². The molecule has 0 radical (unpaired) electrons. The van der Waals surface area contributed by atoms with Crippen LogP contribution in [0, 0.1) is 0 Å². The van der Waals surface area contributed by atoms with E-state index in [0.29, 0.717) is 36.7 Å². The Morgan fingerprint density at radius 1 is 0.862 bits per heavy atom. The van der Waals surface area contributed by atoms with Crippen molar-refractivity contribution < 1.29 is 14.3 Å². The molecule has 4 rings (SSSR count). The van der Waals surface area contributed by atoms with Crippen molar-refractivity contribution in [3.8, 4) is 22.6 Å². The van der Waals surface area contributed by atoms with Gasteiger partial charge in [0.05, 0.1) is 5.71 Å². The molecule has 0 saturated heterocycles. The third kappa shape index (κ3) is 4.29. The molecule has 0 bridgehead atoms. The van der Waals surface area contributed by atoms with Gasteiger partial charge in [0.15, 0.2) is 11.5 Å². The number of hydrogen-bond donors (Lipinski definition) is 1. The molecule has 0 spiro atoms. The lowest BCUT2D eigenvalue weighted by molar-refractivity contribution is 0.0953. The molecular weight excluding hydrogens is 364 g/mol. The number of nitrogens with one attached hydrogen (secondary N) is 1. The van der Waals surface area contributed by atoms with Gasteiger partial charge < -0.3 is 9.47 Å². The van der Waals surface area contributed by atoms with E-state index in [4.69, 9.17) is 9.47 Å². The standard InChI is InChI=1S/C24H22N2O3/c1-2-21(19-10-8-18(9-11-19)17-6-4-3-5-7-17)25-26-24(27)20-12-13-22-23(16-20)29-15-14-28-22/h3-13,16H,2,14-15H2,1H3,(H,26,27)/b25-21+. The van der Waals surface area contributed by atoms with Gasteiger partial charge in [-0.1, -0.05) is 61.5 Å². The third-order valence-corrected chi connectivity index (χ3v) is 4.76. The van der Waals surface area contributed by atoms with Crippen molar-refractivity contribution in [2.24, 2.45) is 5.10 Å². The summed E-state index contributed by atoms with van der Waals surface area (Å²) >= 11 is 0. The number of ether oxygens (including phenoxy) is 2. The average molecular weight is 386 g/mol. The highest BCUT2D eigenvalue weighted by Gasteiger charge is 2.15. The maximum Gasteiger partial charge on any atom is 0.271 e. The molecule has 1 aliphatic rings. The zero-order valence-electron chi connectivity index (χ0n) is 16.2. The molecule has 0 aliphatic carbocycles. The van der Waals surface area contributed by atoms with Crippen molar-refractivity contribution >= 4 is 11.6 Å². The Morgan fingerprint density at radius 3 is 2.24 bits per heavy atom. The first-order chi connectivity index (χ1) is 14.2. The fourth-order valence-corrected chi connectivity index (χ4v) is 3.20. The van der Waals surface area contributed by atoms with E-state index in [2.05, 4.69) is 34.8 Å². The van der Waals surface area contributed by atoms with Gasteiger partial charge in [0.25, 0.3) is 5.91 Å². The van der Waals surface area contributed by atoms with E-state index in [0.717, 1.165) is 16.8 Å². The van der Waals surface area contributed by atoms with Gasteiger partial charge in [0.2, 0.25) is 0 Å². The monoisotopic (exact) mass is 386 g/mol. The summed E-state index contributed by atoms with van der Waals surface area (Å²) < 4.78 is 11.0. The number of benzene rings is 3. The Labute approximate surface area is 170 Å². The van der Waals surface area contributed by atoms with Gasteiger partial charge >= 0.3 is 0 Å². The maximum absolute atomic E-state index is 12.5. The molecule has 5 nitrogen and oxygen atoms in total. The van der Waals surface area contributed by atoms with E-state index >= 15 is 0 Å². The van der Waals surface area contributed by atoms with Gasteiger partial charge in [0, 0.05) is 5.56 Å². The molecule has 0 aromatic heterocycles. The van der Waals surface area contributed by atoms with E-state index in [1.165, 1.54) is 5.56 Å². The second-order valence-electron chi connectivity index (χ2n) is 6.65. The lowest BCUT2D eigenvalue weighted by atomic mass is 10.0. The molecule has 0 saturated carbocycles. The fourth-order valence-electron chi connectivity index (χ4n) is 3.20. The van der Waals surface area contributed by atoms with Crippen LogP contribution in [0.5, 0.6) is 11.5 Å². The van der Waals surface area contributed by atoms with Crippen LogP contribution in [0.3, 0.4) is 0 Å². The first-order valence-electron chi connectivity index (χ1n) is 9.67. The fraction of sp³-hybridized carbons (Fsp3) is 0.167. The molecule has 0 unspecified atom stereocenters. The predicted molar refractivity (Wildman–Crippen MR) is 114 cm³/mol. The molecular formula is C24H22N2O3. The molecule has 1 amide bonds. The largest absolute Gasteiger partial charge is 0.486 e. The van der Waals surface area contributed by atoms with Crippen molar-refractivity contribution in [3.05, 3.63) is 83.9 Å². The van der Waals surface area contributed by atoms with Gasteiger partial charge in [-0.3, -0.25) is 4.79 Å². The smallest absolute Gasteiger partial charge is 0.271 e. The quantitative estimate of drug-likeness (QED) is 0.512. The van der Waals surface area contributed by atoms with E-state index < -0.39 is 0 Å². The molecule has 1 N–H and O–H groups in total. The molecule has 3 aromatic carbocycles. The van der Waals surface area contributed by atoms with Crippen LogP contribution >= 0.6 is 0 Å². The van der Waals surface area contributed by atoms with Crippen LogP contribution in [0.25, 0.3) is 11.1 Å². The van der Waals surface area contributed by atoms with Crippen molar-refractivity contribution in [1.29, 1.82) is 0 Å². The summed E-state index contributed by atoms with van der Waals surface area (Å²) in [7, 11) is 0. The Bertz CT molecular complexity index is 1030.